The molecule has 0 aliphatic rings. The lowest BCUT2D eigenvalue weighted by Crippen LogP contribution is -2.29. The Morgan fingerprint density at radius 1 is 1.26 bits per heavy atom. The largest absolute Gasteiger partial charge is 0.453 e. The summed E-state index contributed by atoms with van der Waals surface area (Å²) >= 11 is 0. The number of carbonyl (C=O) groups is 2. The van der Waals surface area contributed by atoms with E-state index in [0.29, 0.717) is 0 Å². The Kier molecular flexibility index (Phi) is 5.23. The van der Waals surface area contributed by atoms with Gasteiger partial charge in [-0.1, -0.05) is 12.1 Å². The van der Waals surface area contributed by atoms with E-state index in [0.717, 1.165) is 6.92 Å². The fourth-order valence-electron chi connectivity index (χ4n) is 1.31. The Bertz CT molecular complexity index is 465. The monoisotopic (exact) mass is 273 g/mol. The minimum absolute atomic E-state index is 0.0757. The Morgan fingerprint density at radius 2 is 1.89 bits per heavy atom. The SMILES string of the molecule is CC(=O)O[C@H](C)C(=O)Nc1ccccc1OC(F)F. The number of para-hydroxylation sites is 2. The highest BCUT2D eigenvalue weighted by atomic mass is 19.3. The summed E-state index contributed by atoms with van der Waals surface area (Å²) in [5.41, 5.74) is 0.0757. The molecule has 0 aliphatic carbocycles. The van der Waals surface area contributed by atoms with E-state index >= 15 is 0 Å². The third-order valence-corrected chi connectivity index (χ3v) is 2.07. The van der Waals surface area contributed by atoms with Gasteiger partial charge in [0.1, 0.15) is 5.75 Å². The quantitative estimate of drug-likeness (QED) is 0.835. The fourth-order valence-corrected chi connectivity index (χ4v) is 1.31. The fraction of sp³-hybridized carbons (Fsp3) is 0.333. The molecule has 0 fully saturated rings. The first-order chi connectivity index (χ1) is 8.90. The second-order valence-corrected chi connectivity index (χ2v) is 3.62. The van der Waals surface area contributed by atoms with Crippen LogP contribution in [0.3, 0.4) is 0 Å². The number of hydrogen-bond acceptors (Lipinski definition) is 4. The zero-order valence-electron chi connectivity index (χ0n) is 10.4. The van der Waals surface area contributed by atoms with Gasteiger partial charge in [-0.05, 0) is 19.1 Å². The van der Waals surface area contributed by atoms with Gasteiger partial charge in [-0.2, -0.15) is 8.78 Å². The molecule has 1 atom stereocenters. The third kappa shape index (κ3) is 4.90. The molecular formula is C12H13F2NO4. The van der Waals surface area contributed by atoms with Crippen LogP contribution < -0.4 is 10.1 Å². The number of alkyl halides is 2. The number of rotatable bonds is 5. The van der Waals surface area contributed by atoms with Gasteiger partial charge in [-0.25, -0.2) is 0 Å². The van der Waals surface area contributed by atoms with Gasteiger partial charge in [-0.3, -0.25) is 9.59 Å². The highest BCUT2D eigenvalue weighted by Crippen LogP contribution is 2.25. The molecule has 0 heterocycles. The molecule has 1 aromatic rings. The highest BCUT2D eigenvalue weighted by Gasteiger charge is 2.18. The molecule has 0 aliphatic heterocycles. The van der Waals surface area contributed by atoms with Crippen molar-refractivity contribution < 1.29 is 27.8 Å². The molecule has 104 valence electrons. The minimum atomic E-state index is -3.00. The molecule has 1 aromatic carbocycles. The van der Waals surface area contributed by atoms with Crippen LogP contribution in [0.15, 0.2) is 24.3 Å². The predicted molar refractivity (Wildman–Crippen MR) is 62.9 cm³/mol. The van der Waals surface area contributed by atoms with Gasteiger partial charge >= 0.3 is 12.6 Å². The summed E-state index contributed by atoms with van der Waals surface area (Å²) in [6, 6.07) is 5.72. The molecule has 7 heteroatoms. The molecule has 5 nitrogen and oxygen atoms in total. The van der Waals surface area contributed by atoms with Gasteiger partial charge < -0.3 is 14.8 Å². The lowest BCUT2D eigenvalue weighted by Gasteiger charge is -2.14. The van der Waals surface area contributed by atoms with Crippen LogP contribution in [-0.4, -0.2) is 24.6 Å². The van der Waals surface area contributed by atoms with E-state index in [4.69, 9.17) is 0 Å². The maximum atomic E-state index is 12.2. The highest BCUT2D eigenvalue weighted by molar-refractivity contribution is 5.96. The normalized spacial score (nSPS) is 11.8. The second kappa shape index (κ2) is 6.67. The van der Waals surface area contributed by atoms with Crippen molar-refractivity contribution in [1.29, 1.82) is 0 Å². The maximum Gasteiger partial charge on any atom is 0.387 e. The third-order valence-electron chi connectivity index (χ3n) is 2.07. The Labute approximate surface area is 108 Å². The van der Waals surface area contributed by atoms with Gasteiger partial charge in [0.25, 0.3) is 5.91 Å². The number of halogens is 2. The van der Waals surface area contributed by atoms with Crippen molar-refractivity contribution in [3.05, 3.63) is 24.3 Å². The van der Waals surface area contributed by atoms with E-state index < -0.39 is 24.6 Å². The van der Waals surface area contributed by atoms with Crippen LogP contribution in [0.4, 0.5) is 14.5 Å². The first-order valence-electron chi connectivity index (χ1n) is 5.42. The molecule has 1 N–H and O–H groups in total. The molecule has 0 spiro atoms. The molecule has 0 aromatic heterocycles. The van der Waals surface area contributed by atoms with E-state index in [2.05, 4.69) is 14.8 Å². The second-order valence-electron chi connectivity index (χ2n) is 3.62. The van der Waals surface area contributed by atoms with Gasteiger partial charge in [0.15, 0.2) is 6.10 Å². The van der Waals surface area contributed by atoms with Crippen molar-refractivity contribution in [3.8, 4) is 5.75 Å². The van der Waals surface area contributed by atoms with Crippen molar-refractivity contribution in [2.24, 2.45) is 0 Å². The zero-order valence-corrected chi connectivity index (χ0v) is 10.4. The molecule has 0 bridgehead atoms. The summed E-state index contributed by atoms with van der Waals surface area (Å²) in [6.07, 6.45) is -1.03. The van der Waals surface area contributed by atoms with Crippen LogP contribution >= 0.6 is 0 Å². The zero-order chi connectivity index (χ0) is 14.4. The van der Waals surface area contributed by atoms with Crippen molar-refractivity contribution in [2.75, 3.05) is 5.32 Å². The molecule has 0 unspecified atom stereocenters. The van der Waals surface area contributed by atoms with E-state index in [9.17, 15) is 18.4 Å². The van der Waals surface area contributed by atoms with Gasteiger partial charge in [-0.15, -0.1) is 0 Å². The molecule has 1 rings (SSSR count). The molecule has 0 saturated carbocycles. The number of esters is 1. The number of ether oxygens (including phenoxy) is 2. The van der Waals surface area contributed by atoms with Gasteiger partial charge in [0.2, 0.25) is 0 Å². The summed E-state index contributed by atoms with van der Waals surface area (Å²) in [5, 5.41) is 2.35. The van der Waals surface area contributed by atoms with Crippen molar-refractivity contribution in [2.45, 2.75) is 26.6 Å². The summed E-state index contributed by atoms with van der Waals surface area (Å²) in [7, 11) is 0. The summed E-state index contributed by atoms with van der Waals surface area (Å²) in [5.74, 6) is -1.42. The summed E-state index contributed by atoms with van der Waals surface area (Å²) < 4.78 is 33.2. The number of amides is 1. The molecule has 19 heavy (non-hydrogen) atoms. The lowest BCUT2D eigenvalue weighted by molar-refractivity contribution is -0.150. The van der Waals surface area contributed by atoms with Gasteiger partial charge in [0.05, 0.1) is 5.69 Å². The first-order valence-corrected chi connectivity index (χ1v) is 5.42. The van der Waals surface area contributed by atoms with Crippen LogP contribution in [0.1, 0.15) is 13.8 Å². The van der Waals surface area contributed by atoms with Crippen LogP contribution in [0.5, 0.6) is 5.75 Å². The average molecular weight is 273 g/mol. The Hall–Kier alpha value is -2.18. The minimum Gasteiger partial charge on any atom is -0.453 e. The van der Waals surface area contributed by atoms with Gasteiger partial charge in [0, 0.05) is 6.92 Å². The maximum absolute atomic E-state index is 12.2. The smallest absolute Gasteiger partial charge is 0.387 e. The van der Waals surface area contributed by atoms with E-state index in [1.54, 1.807) is 6.07 Å². The topological polar surface area (TPSA) is 64.6 Å². The van der Waals surface area contributed by atoms with Crippen LogP contribution in [0.25, 0.3) is 0 Å². The number of nitrogens with one attached hydrogen (secondary N) is 1. The molecule has 0 radical (unpaired) electrons. The number of anilines is 1. The van der Waals surface area contributed by atoms with E-state index in [1.165, 1.54) is 25.1 Å². The first kappa shape index (κ1) is 14.9. The molecular weight excluding hydrogens is 260 g/mol. The Morgan fingerprint density at radius 3 is 2.47 bits per heavy atom. The van der Waals surface area contributed by atoms with Crippen molar-refractivity contribution >= 4 is 17.6 Å². The molecule has 1 amide bonds. The molecule has 0 saturated heterocycles. The predicted octanol–water partition coefficient (Wildman–Crippen LogP) is 2.18. The van der Waals surface area contributed by atoms with E-state index in [-0.39, 0.29) is 11.4 Å². The number of benzene rings is 1. The van der Waals surface area contributed by atoms with E-state index in [1.807, 2.05) is 0 Å². The lowest BCUT2D eigenvalue weighted by atomic mass is 10.2. The standard InChI is InChI=1S/C12H13F2NO4/c1-7(18-8(2)16)11(17)15-9-5-3-4-6-10(9)19-12(13)14/h3-7,12H,1-2H3,(H,15,17)/t7-/m1/s1. The van der Waals surface area contributed by atoms with Crippen LogP contribution in [0, 0.1) is 0 Å². The summed E-state index contributed by atoms with van der Waals surface area (Å²) in [6.45, 7) is -0.464. The van der Waals surface area contributed by atoms with Crippen LogP contribution in [0.2, 0.25) is 0 Å². The number of hydrogen-bond donors (Lipinski definition) is 1. The van der Waals surface area contributed by atoms with Crippen LogP contribution in [-0.2, 0) is 14.3 Å². The average Bonchev–Trinajstić information content (AvgIpc) is 2.30. The number of carbonyl (C=O) groups excluding carboxylic acids is 2. The van der Waals surface area contributed by atoms with Crippen molar-refractivity contribution in [3.63, 3.8) is 0 Å². The summed E-state index contributed by atoms with van der Waals surface area (Å²) in [4.78, 5) is 22.4. The Balaban J connectivity index is 2.76. The van der Waals surface area contributed by atoms with Crippen molar-refractivity contribution in [1.82, 2.24) is 0 Å².